The van der Waals surface area contributed by atoms with Crippen LogP contribution >= 0.6 is 0 Å². The maximum absolute atomic E-state index is 5.75. The van der Waals surface area contributed by atoms with Gasteiger partial charge in [-0.3, -0.25) is 0 Å². The zero-order chi connectivity index (χ0) is 12.8. The van der Waals surface area contributed by atoms with Crippen molar-refractivity contribution < 1.29 is 0 Å². The fourth-order valence-corrected chi connectivity index (χ4v) is 2.29. The van der Waals surface area contributed by atoms with Crippen LogP contribution in [0.1, 0.15) is 53.9 Å². The second-order valence-corrected chi connectivity index (χ2v) is 6.77. The smallest absolute Gasteiger partial charge is 0.00271 e. The first-order valence-electron chi connectivity index (χ1n) is 6.65. The molecule has 0 amide bonds. The number of rotatable bonds is 7. The maximum atomic E-state index is 5.75. The van der Waals surface area contributed by atoms with Gasteiger partial charge in [-0.25, -0.2) is 0 Å². The normalized spacial score (nSPS) is 16.5. The van der Waals surface area contributed by atoms with Crippen LogP contribution in [0.5, 0.6) is 0 Å². The molecule has 0 aliphatic rings. The molecule has 2 N–H and O–H groups in total. The van der Waals surface area contributed by atoms with E-state index in [1.165, 1.54) is 25.9 Å². The summed E-state index contributed by atoms with van der Waals surface area (Å²) in [7, 11) is 2.23. The van der Waals surface area contributed by atoms with E-state index in [0.717, 1.165) is 12.3 Å². The van der Waals surface area contributed by atoms with Gasteiger partial charge in [0.2, 0.25) is 0 Å². The summed E-state index contributed by atoms with van der Waals surface area (Å²) in [5, 5.41) is 0. The molecule has 0 bridgehead atoms. The Bertz CT molecular complexity index is 170. The van der Waals surface area contributed by atoms with Gasteiger partial charge in [0.15, 0.2) is 0 Å². The molecule has 0 spiro atoms. The lowest BCUT2D eigenvalue weighted by Gasteiger charge is -2.28. The molecule has 2 heteroatoms. The van der Waals surface area contributed by atoms with Gasteiger partial charge in [-0.05, 0) is 38.1 Å². The predicted octanol–water partition coefficient (Wildman–Crippen LogP) is 3.12. The Labute approximate surface area is 103 Å². The van der Waals surface area contributed by atoms with Crippen molar-refractivity contribution in [2.75, 3.05) is 20.1 Å². The van der Waals surface area contributed by atoms with Gasteiger partial charge in [-0.15, -0.1) is 0 Å². The van der Waals surface area contributed by atoms with E-state index in [1.54, 1.807) is 0 Å². The lowest BCUT2D eigenvalue weighted by atomic mass is 9.95. The third kappa shape index (κ3) is 10.4. The summed E-state index contributed by atoms with van der Waals surface area (Å²) in [6.07, 6.45) is 3.73. The topological polar surface area (TPSA) is 29.3 Å². The van der Waals surface area contributed by atoms with E-state index in [1.807, 2.05) is 0 Å². The Morgan fingerprint density at radius 3 is 2.12 bits per heavy atom. The average Bonchev–Trinajstić information content (AvgIpc) is 1.98. The molecule has 0 aromatic rings. The Hall–Kier alpha value is -0.0800. The molecule has 0 rings (SSSR count). The van der Waals surface area contributed by atoms with Crippen LogP contribution in [0.15, 0.2) is 0 Å². The van der Waals surface area contributed by atoms with Crippen LogP contribution in [-0.2, 0) is 0 Å². The second-order valence-electron chi connectivity index (χ2n) is 6.77. The van der Waals surface area contributed by atoms with Gasteiger partial charge in [0.25, 0.3) is 0 Å². The Morgan fingerprint density at radius 2 is 1.69 bits per heavy atom. The standard InChI is InChI=1S/C14H32N2/c1-12(8-7-9-13(2)15)10-16(6)11-14(3,4)5/h12-13H,7-11,15H2,1-6H3. The molecule has 0 fully saturated rings. The van der Waals surface area contributed by atoms with Gasteiger partial charge in [-0.2, -0.15) is 0 Å². The third-order valence-corrected chi connectivity index (χ3v) is 2.72. The van der Waals surface area contributed by atoms with Crippen LogP contribution in [0.3, 0.4) is 0 Å². The highest BCUT2D eigenvalue weighted by molar-refractivity contribution is 4.68. The maximum Gasteiger partial charge on any atom is 0.00271 e. The lowest BCUT2D eigenvalue weighted by molar-refractivity contribution is 0.199. The van der Waals surface area contributed by atoms with Crippen molar-refractivity contribution in [1.82, 2.24) is 4.90 Å². The van der Waals surface area contributed by atoms with Crippen molar-refractivity contribution in [3.63, 3.8) is 0 Å². The summed E-state index contributed by atoms with van der Waals surface area (Å²) in [5.74, 6) is 0.783. The molecule has 0 aliphatic carbocycles. The van der Waals surface area contributed by atoms with Crippen molar-refractivity contribution in [1.29, 1.82) is 0 Å². The molecule has 0 aromatic heterocycles. The molecule has 2 nitrogen and oxygen atoms in total. The Balaban J connectivity index is 3.66. The SMILES string of the molecule is CC(N)CCCC(C)CN(C)CC(C)(C)C. The number of hydrogen-bond acceptors (Lipinski definition) is 2. The number of nitrogens with two attached hydrogens (primary N) is 1. The summed E-state index contributed by atoms with van der Waals surface area (Å²) >= 11 is 0. The average molecular weight is 228 g/mol. The summed E-state index contributed by atoms with van der Waals surface area (Å²) in [6.45, 7) is 13.7. The third-order valence-electron chi connectivity index (χ3n) is 2.72. The van der Waals surface area contributed by atoms with E-state index in [9.17, 15) is 0 Å². The van der Waals surface area contributed by atoms with Crippen LogP contribution in [0.4, 0.5) is 0 Å². The van der Waals surface area contributed by atoms with Crippen molar-refractivity contribution in [3.05, 3.63) is 0 Å². The summed E-state index contributed by atoms with van der Waals surface area (Å²) in [4.78, 5) is 2.45. The summed E-state index contributed by atoms with van der Waals surface area (Å²) < 4.78 is 0. The lowest BCUT2D eigenvalue weighted by Crippen LogP contribution is -2.32. The first kappa shape index (κ1) is 15.9. The van der Waals surface area contributed by atoms with Gasteiger partial charge in [0.1, 0.15) is 0 Å². The highest BCUT2D eigenvalue weighted by Gasteiger charge is 2.15. The van der Waals surface area contributed by atoms with Gasteiger partial charge < -0.3 is 10.6 Å². The zero-order valence-corrected chi connectivity index (χ0v) is 12.2. The van der Waals surface area contributed by atoms with Crippen molar-refractivity contribution in [3.8, 4) is 0 Å². The minimum absolute atomic E-state index is 0.361. The largest absolute Gasteiger partial charge is 0.328 e. The van der Waals surface area contributed by atoms with Crippen molar-refractivity contribution in [2.24, 2.45) is 17.1 Å². The Morgan fingerprint density at radius 1 is 1.12 bits per heavy atom. The first-order valence-corrected chi connectivity index (χ1v) is 6.65. The quantitative estimate of drug-likeness (QED) is 0.725. The highest BCUT2D eigenvalue weighted by atomic mass is 15.1. The van der Waals surface area contributed by atoms with Gasteiger partial charge in [0.05, 0.1) is 0 Å². The van der Waals surface area contributed by atoms with Crippen LogP contribution < -0.4 is 5.73 Å². The molecule has 0 heterocycles. The second kappa shape index (κ2) is 7.29. The van der Waals surface area contributed by atoms with E-state index in [4.69, 9.17) is 5.73 Å². The van der Waals surface area contributed by atoms with Crippen molar-refractivity contribution >= 4 is 0 Å². The van der Waals surface area contributed by atoms with Crippen LogP contribution in [0, 0.1) is 11.3 Å². The molecule has 0 radical (unpaired) electrons. The molecule has 2 unspecified atom stereocenters. The molecule has 2 atom stereocenters. The molecular formula is C14H32N2. The monoisotopic (exact) mass is 228 g/mol. The predicted molar refractivity (Wildman–Crippen MR) is 73.6 cm³/mol. The van der Waals surface area contributed by atoms with Crippen LogP contribution in [-0.4, -0.2) is 31.1 Å². The molecule has 0 saturated heterocycles. The highest BCUT2D eigenvalue weighted by Crippen LogP contribution is 2.16. The molecule has 16 heavy (non-hydrogen) atoms. The van der Waals surface area contributed by atoms with Gasteiger partial charge >= 0.3 is 0 Å². The van der Waals surface area contributed by atoms with E-state index in [0.29, 0.717) is 11.5 Å². The van der Waals surface area contributed by atoms with Gasteiger partial charge in [-0.1, -0.05) is 34.1 Å². The van der Waals surface area contributed by atoms with Crippen LogP contribution in [0.2, 0.25) is 0 Å². The molecule has 98 valence electrons. The Kier molecular flexibility index (Phi) is 7.25. The van der Waals surface area contributed by atoms with E-state index >= 15 is 0 Å². The minimum atomic E-state index is 0.361. The summed E-state index contributed by atoms with van der Waals surface area (Å²) in [5.41, 5.74) is 6.16. The fraction of sp³-hybridized carbons (Fsp3) is 1.00. The minimum Gasteiger partial charge on any atom is -0.328 e. The fourth-order valence-electron chi connectivity index (χ4n) is 2.29. The molecular weight excluding hydrogens is 196 g/mol. The van der Waals surface area contributed by atoms with Crippen molar-refractivity contribution in [2.45, 2.75) is 59.9 Å². The molecule has 0 aromatic carbocycles. The zero-order valence-electron chi connectivity index (χ0n) is 12.2. The number of hydrogen-bond donors (Lipinski definition) is 1. The number of nitrogens with zero attached hydrogens (tertiary/aromatic N) is 1. The van der Waals surface area contributed by atoms with Gasteiger partial charge in [0, 0.05) is 19.1 Å². The first-order chi connectivity index (χ1) is 7.20. The van der Waals surface area contributed by atoms with Crippen LogP contribution in [0.25, 0.3) is 0 Å². The molecule has 0 saturated carbocycles. The summed E-state index contributed by atoms with van der Waals surface area (Å²) in [6, 6.07) is 0.361. The molecule has 0 aliphatic heterocycles. The van der Waals surface area contributed by atoms with E-state index < -0.39 is 0 Å². The van der Waals surface area contributed by atoms with E-state index in [-0.39, 0.29) is 0 Å². The van der Waals surface area contributed by atoms with E-state index in [2.05, 4.69) is 46.6 Å².